The van der Waals surface area contributed by atoms with Crippen molar-refractivity contribution in [2.75, 3.05) is 16.8 Å². The number of halogens is 3. The minimum Gasteiger partial charge on any atom is -0.326 e. The van der Waals surface area contributed by atoms with E-state index in [1.165, 1.54) is 0 Å². The number of fused-ring (bicyclic) bond motifs is 1. The van der Waals surface area contributed by atoms with Crippen LogP contribution in [0.5, 0.6) is 0 Å². The summed E-state index contributed by atoms with van der Waals surface area (Å²) in [5.74, 6) is -2.38. The largest absolute Gasteiger partial charge is 0.423 e. The van der Waals surface area contributed by atoms with E-state index in [0.717, 1.165) is 11.8 Å². The van der Waals surface area contributed by atoms with Gasteiger partial charge in [-0.05, 0) is 43.0 Å². The third-order valence-electron chi connectivity index (χ3n) is 6.08. The van der Waals surface area contributed by atoms with Crippen LogP contribution in [0.3, 0.4) is 0 Å². The van der Waals surface area contributed by atoms with Gasteiger partial charge in [0.25, 0.3) is 5.69 Å². The average Bonchev–Trinajstić information content (AvgIpc) is 2.78. The van der Waals surface area contributed by atoms with Crippen molar-refractivity contribution in [2.24, 2.45) is 17.8 Å². The molecule has 4 rings (SSSR count). The van der Waals surface area contributed by atoms with Gasteiger partial charge in [-0.2, -0.15) is 13.2 Å². The summed E-state index contributed by atoms with van der Waals surface area (Å²) < 4.78 is 39.8. The van der Waals surface area contributed by atoms with Gasteiger partial charge in [0.2, 0.25) is 11.8 Å². The molecule has 33 heavy (non-hydrogen) atoms. The van der Waals surface area contributed by atoms with Crippen LogP contribution in [0, 0.1) is 27.9 Å². The molecule has 2 aliphatic rings. The molecule has 2 aromatic rings. The zero-order valence-electron chi connectivity index (χ0n) is 17.3. The number of hydrogen-bond acceptors (Lipinski definition) is 4. The number of rotatable bonds is 4. The molecule has 1 aliphatic carbocycles. The molecule has 10 heteroatoms. The van der Waals surface area contributed by atoms with Crippen molar-refractivity contribution < 1.29 is 27.7 Å². The summed E-state index contributed by atoms with van der Waals surface area (Å²) >= 11 is 0. The van der Waals surface area contributed by atoms with E-state index in [0.29, 0.717) is 25.1 Å². The van der Waals surface area contributed by atoms with E-state index in [9.17, 15) is 32.9 Å². The topological polar surface area (TPSA) is 92.5 Å². The van der Waals surface area contributed by atoms with Crippen LogP contribution < -0.4 is 10.2 Å². The number of piperidine rings is 1. The van der Waals surface area contributed by atoms with Gasteiger partial charge in [-0.1, -0.05) is 30.4 Å². The maximum absolute atomic E-state index is 13.3. The Morgan fingerprint density at radius 1 is 1.15 bits per heavy atom. The number of benzene rings is 2. The number of alkyl halides is 3. The lowest BCUT2D eigenvalue weighted by atomic mass is 9.71. The van der Waals surface area contributed by atoms with Crippen molar-refractivity contribution >= 4 is 28.9 Å². The van der Waals surface area contributed by atoms with E-state index in [-0.39, 0.29) is 23.9 Å². The molecule has 172 valence electrons. The van der Waals surface area contributed by atoms with Crippen molar-refractivity contribution in [1.82, 2.24) is 0 Å². The molecule has 2 aromatic carbocycles. The maximum atomic E-state index is 13.3. The first-order valence-corrected chi connectivity index (χ1v) is 10.4. The molecule has 0 aromatic heterocycles. The number of carbonyl (C=O) groups excluding carboxylic acids is 2. The molecule has 1 fully saturated rings. The van der Waals surface area contributed by atoms with E-state index in [4.69, 9.17) is 0 Å². The number of anilines is 2. The molecule has 0 spiro atoms. The van der Waals surface area contributed by atoms with Gasteiger partial charge in [0.1, 0.15) is 5.56 Å². The lowest BCUT2D eigenvalue weighted by molar-refractivity contribution is -0.388. The first kappa shape index (κ1) is 22.5. The van der Waals surface area contributed by atoms with Gasteiger partial charge in [0.05, 0.1) is 16.8 Å². The van der Waals surface area contributed by atoms with Crippen LogP contribution in [-0.4, -0.2) is 23.3 Å². The number of carbonyl (C=O) groups is 2. The summed E-state index contributed by atoms with van der Waals surface area (Å²) in [5, 5.41) is 13.4. The standard InChI is InChI=1S/C23H20F3N3O4/c24-23(25,26)18-13-15(9-10-19(18)29(32)33)27-21(30)17-8-4-5-14-11-12-28(22(31)20(14)17)16-6-2-1-3-7-16/h1-7,9-10,13-14,17,20H,8,11-12H2,(H,27,30)/t14?,17-,20?/m0/s1. The van der Waals surface area contributed by atoms with Crippen molar-refractivity contribution in [3.05, 3.63) is 76.4 Å². The molecule has 0 radical (unpaired) electrons. The summed E-state index contributed by atoms with van der Waals surface area (Å²) in [6, 6.07) is 11.4. The molecule has 0 saturated carbocycles. The second kappa shape index (κ2) is 8.68. The summed E-state index contributed by atoms with van der Waals surface area (Å²) in [5.41, 5.74) is -2.04. The lowest BCUT2D eigenvalue weighted by Crippen LogP contribution is -2.51. The van der Waals surface area contributed by atoms with E-state index < -0.39 is 40.1 Å². The van der Waals surface area contributed by atoms with E-state index >= 15 is 0 Å². The minimum atomic E-state index is -4.96. The smallest absolute Gasteiger partial charge is 0.326 e. The normalized spacial score (nSPS) is 22.6. The van der Waals surface area contributed by atoms with Crippen LogP contribution in [0.2, 0.25) is 0 Å². The second-order valence-corrected chi connectivity index (χ2v) is 8.05. The summed E-state index contributed by atoms with van der Waals surface area (Å²) in [6.07, 6.45) is -0.310. The zero-order valence-corrected chi connectivity index (χ0v) is 17.3. The van der Waals surface area contributed by atoms with Crippen molar-refractivity contribution in [1.29, 1.82) is 0 Å². The summed E-state index contributed by atoms with van der Waals surface area (Å²) in [6.45, 7) is 0.500. The molecule has 1 heterocycles. The highest BCUT2D eigenvalue weighted by atomic mass is 19.4. The van der Waals surface area contributed by atoms with Crippen LogP contribution in [-0.2, 0) is 15.8 Å². The molecular formula is C23H20F3N3O4. The van der Waals surface area contributed by atoms with Crippen molar-refractivity contribution in [2.45, 2.75) is 19.0 Å². The van der Waals surface area contributed by atoms with Crippen LogP contribution in [0.4, 0.5) is 30.2 Å². The molecule has 1 aliphatic heterocycles. The summed E-state index contributed by atoms with van der Waals surface area (Å²) in [4.78, 5) is 37.9. The molecule has 2 amide bonds. The van der Waals surface area contributed by atoms with Crippen LogP contribution in [0.1, 0.15) is 18.4 Å². The Morgan fingerprint density at radius 2 is 1.88 bits per heavy atom. The van der Waals surface area contributed by atoms with Gasteiger partial charge < -0.3 is 10.2 Å². The molecule has 1 N–H and O–H groups in total. The number of nitro benzene ring substituents is 1. The quantitative estimate of drug-likeness (QED) is 0.404. The molecule has 3 atom stereocenters. The number of nitrogens with one attached hydrogen (secondary N) is 1. The van der Waals surface area contributed by atoms with Gasteiger partial charge in [0.15, 0.2) is 0 Å². The van der Waals surface area contributed by atoms with Crippen LogP contribution in [0.25, 0.3) is 0 Å². The first-order chi connectivity index (χ1) is 15.7. The number of allylic oxidation sites excluding steroid dienone is 2. The Bertz CT molecular complexity index is 1120. The third-order valence-corrected chi connectivity index (χ3v) is 6.08. The highest BCUT2D eigenvalue weighted by Crippen LogP contribution is 2.40. The highest BCUT2D eigenvalue weighted by Gasteiger charge is 2.45. The first-order valence-electron chi connectivity index (χ1n) is 10.4. The van der Waals surface area contributed by atoms with Crippen molar-refractivity contribution in [3.63, 3.8) is 0 Å². The van der Waals surface area contributed by atoms with Gasteiger partial charge in [-0.15, -0.1) is 0 Å². The van der Waals surface area contributed by atoms with E-state index in [1.807, 2.05) is 42.5 Å². The third kappa shape index (κ3) is 4.46. The Balaban J connectivity index is 1.59. The number of nitrogens with zero attached hydrogens (tertiary/aromatic N) is 2. The Labute approximate surface area is 187 Å². The summed E-state index contributed by atoms with van der Waals surface area (Å²) in [7, 11) is 0. The number of hydrogen-bond donors (Lipinski definition) is 1. The lowest BCUT2D eigenvalue weighted by Gasteiger charge is -2.41. The fraction of sp³-hybridized carbons (Fsp3) is 0.304. The Morgan fingerprint density at radius 3 is 2.55 bits per heavy atom. The predicted octanol–water partition coefficient (Wildman–Crippen LogP) is 4.80. The van der Waals surface area contributed by atoms with E-state index in [1.54, 1.807) is 4.90 Å². The van der Waals surface area contributed by atoms with Crippen LogP contribution >= 0.6 is 0 Å². The number of para-hydroxylation sites is 1. The second-order valence-electron chi connectivity index (χ2n) is 8.05. The highest BCUT2D eigenvalue weighted by molar-refractivity contribution is 6.02. The number of amides is 2. The Hall–Kier alpha value is -3.69. The predicted molar refractivity (Wildman–Crippen MR) is 114 cm³/mol. The fourth-order valence-corrected chi connectivity index (χ4v) is 4.53. The molecule has 1 saturated heterocycles. The average molecular weight is 459 g/mol. The zero-order chi connectivity index (χ0) is 23.8. The molecule has 0 bridgehead atoms. The fourth-order valence-electron chi connectivity index (χ4n) is 4.53. The van der Waals surface area contributed by atoms with Crippen LogP contribution in [0.15, 0.2) is 60.7 Å². The van der Waals surface area contributed by atoms with Gasteiger partial charge in [-0.3, -0.25) is 19.7 Å². The van der Waals surface area contributed by atoms with Crippen molar-refractivity contribution in [3.8, 4) is 0 Å². The van der Waals surface area contributed by atoms with E-state index in [2.05, 4.69) is 5.32 Å². The number of nitro groups is 1. The maximum Gasteiger partial charge on any atom is 0.423 e. The Kier molecular flexibility index (Phi) is 5.92. The van der Waals surface area contributed by atoms with Gasteiger partial charge in [0, 0.05) is 24.0 Å². The molecule has 7 nitrogen and oxygen atoms in total. The minimum absolute atomic E-state index is 0.149. The van der Waals surface area contributed by atoms with Gasteiger partial charge in [-0.25, -0.2) is 0 Å². The SMILES string of the molecule is O=C(Nc1ccc([N+](=O)[O-])c(C(F)(F)F)c1)[C@H]1CC=CC2CCN(c3ccccc3)C(=O)C21. The molecule has 2 unspecified atom stereocenters. The van der Waals surface area contributed by atoms with Gasteiger partial charge >= 0.3 is 6.18 Å². The molecular weight excluding hydrogens is 439 g/mol. The monoisotopic (exact) mass is 459 g/mol.